The Hall–Kier alpha value is -0.640. The van der Waals surface area contributed by atoms with Crippen molar-refractivity contribution in [1.82, 2.24) is 5.32 Å². The largest absolute Gasteiger partial charge is 0.480 e. The van der Waals surface area contributed by atoms with Crippen LogP contribution < -0.4 is 5.32 Å². The van der Waals surface area contributed by atoms with E-state index in [0.717, 1.165) is 0 Å². The van der Waals surface area contributed by atoms with Gasteiger partial charge < -0.3 is 5.11 Å². The fourth-order valence-corrected chi connectivity index (χ4v) is 3.59. The summed E-state index contributed by atoms with van der Waals surface area (Å²) >= 11 is 0. The number of carboxylic acids is 1. The molecule has 1 saturated carbocycles. The molecule has 16 heavy (non-hydrogen) atoms. The summed E-state index contributed by atoms with van der Waals surface area (Å²) in [6, 6.07) is 0. The molecule has 2 aliphatic rings. The van der Waals surface area contributed by atoms with Crippen LogP contribution in [0.4, 0.5) is 4.39 Å². The predicted octanol–water partition coefficient (Wildman–Crippen LogP) is 2.17. The number of nitrogens with one attached hydrogen (secondary N) is 1. The molecule has 1 heterocycles. The van der Waals surface area contributed by atoms with E-state index in [0.29, 0.717) is 0 Å². The van der Waals surface area contributed by atoms with Gasteiger partial charge in [-0.3, -0.25) is 10.1 Å². The number of rotatable bonds is 1. The van der Waals surface area contributed by atoms with Crippen molar-refractivity contribution in [3.63, 3.8) is 0 Å². The second-order valence-electron chi connectivity index (χ2n) is 6.71. The van der Waals surface area contributed by atoms with Gasteiger partial charge in [-0.1, -0.05) is 41.5 Å². The van der Waals surface area contributed by atoms with Crippen molar-refractivity contribution in [2.45, 2.75) is 52.9 Å². The Balaban J connectivity index is 2.70. The van der Waals surface area contributed by atoms with E-state index in [4.69, 9.17) is 0 Å². The number of alkyl halides is 1. The highest BCUT2D eigenvalue weighted by Crippen LogP contribution is 2.78. The molecule has 2 N–H and O–H groups in total. The zero-order chi connectivity index (χ0) is 12.8. The van der Waals surface area contributed by atoms with Crippen LogP contribution in [0.25, 0.3) is 0 Å². The maximum atomic E-state index is 14.9. The Morgan fingerprint density at radius 1 is 1.00 bits per heavy atom. The van der Waals surface area contributed by atoms with E-state index in [1.807, 2.05) is 27.7 Å². The van der Waals surface area contributed by atoms with Crippen molar-refractivity contribution in [3.8, 4) is 0 Å². The second kappa shape index (κ2) is 2.30. The van der Waals surface area contributed by atoms with Gasteiger partial charge in [0.15, 0.2) is 11.3 Å². The molecule has 3 nitrogen and oxygen atoms in total. The molecule has 0 aromatic rings. The minimum atomic E-state index is -1.81. The maximum absolute atomic E-state index is 14.9. The lowest BCUT2D eigenvalue weighted by atomic mass is 9.58. The highest BCUT2D eigenvalue weighted by atomic mass is 19.2. The molecular formula is C12H20FNO2. The summed E-state index contributed by atoms with van der Waals surface area (Å²) in [6.07, 6.45) is 0. The monoisotopic (exact) mass is 229 g/mol. The van der Waals surface area contributed by atoms with Crippen molar-refractivity contribution >= 4 is 5.97 Å². The minimum Gasteiger partial charge on any atom is -0.480 e. The average molecular weight is 229 g/mol. The number of halogens is 1. The minimum absolute atomic E-state index is 0.404. The first-order valence-corrected chi connectivity index (χ1v) is 5.62. The van der Waals surface area contributed by atoms with E-state index in [9.17, 15) is 14.3 Å². The molecule has 1 aliphatic heterocycles. The second-order valence-corrected chi connectivity index (χ2v) is 6.71. The number of piperidine rings is 1. The van der Waals surface area contributed by atoms with Crippen LogP contribution in [0.1, 0.15) is 41.5 Å². The van der Waals surface area contributed by atoms with Crippen molar-refractivity contribution in [1.29, 1.82) is 0 Å². The van der Waals surface area contributed by atoms with Crippen LogP contribution in [0.15, 0.2) is 0 Å². The molecule has 2 fully saturated rings. The maximum Gasteiger partial charge on any atom is 0.329 e. The number of fused-ring (bicyclic) bond motifs is 1. The molecule has 0 spiro atoms. The van der Waals surface area contributed by atoms with Crippen LogP contribution in [0.2, 0.25) is 0 Å². The highest BCUT2D eigenvalue weighted by Gasteiger charge is 2.94. The van der Waals surface area contributed by atoms with Crippen molar-refractivity contribution in [2.24, 2.45) is 16.2 Å². The van der Waals surface area contributed by atoms with Gasteiger partial charge in [-0.25, -0.2) is 4.39 Å². The normalized spacial score (nSPS) is 46.2. The van der Waals surface area contributed by atoms with Crippen LogP contribution in [0.3, 0.4) is 0 Å². The standard InChI is InChI=1S/C12H20FNO2/c1-8(2)9(3,4)11(7(15)16)12(13,14-11)10(8,5)6/h14H,1-6H3,(H,15,16)/t11-,12?/m1/s1. The Labute approximate surface area is 95.4 Å². The molecule has 0 bridgehead atoms. The highest BCUT2D eigenvalue weighted by molar-refractivity contribution is 5.88. The van der Waals surface area contributed by atoms with Crippen molar-refractivity contribution in [2.75, 3.05) is 0 Å². The van der Waals surface area contributed by atoms with E-state index in [1.165, 1.54) is 0 Å². The molecule has 0 aromatic heterocycles. The summed E-state index contributed by atoms with van der Waals surface area (Å²) < 4.78 is 14.9. The van der Waals surface area contributed by atoms with E-state index in [-0.39, 0.29) is 0 Å². The molecular weight excluding hydrogens is 209 g/mol. The molecule has 1 unspecified atom stereocenters. The zero-order valence-corrected chi connectivity index (χ0v) is 10.7. The topological polar surface area (TPSA) is 59.2 Å². The van der Waals surface area contributed by atoms with Gasteiger partial charge in [0.25, 0.3) is 0 Å². The van der Waals surface area contributed by atoms with Gasteiger partial charge in [0, 0.05) is 10.8 Å². The molecule has 2 atom stereocenters. The van der Waals surface area contributed by atoms with E-state index >= 15 is 0 Å². The first kappa shape index (κ1) is 11.8. The van der Waals surface area contributed by atoms with E-state index < -0.39 is 33.5 Å². The molecule has 0 radical (unpaired) electrons. The summed E-state index contributed by atoms with van der Waals surface area (Å²) in [5, 5.41) is 12.0. The fraction of sp³-hybridized carbons (Fsp3) is 0.917. The van der Waals surface area contributed by atoms with Gasteiger partial charge in [0.2, 0.25) is 0 Å². The van der Waals surface area contributed by atoms with Crippen LogP contribution in [-0.4, -0.2) is 22.4 Å². The smallest absolute Gasteiger partial charge is 0.329 e. The van der Waals surface area contributed by atoms with E-state index in [2.05, 4.69) is 5.32 Å². The Morgan fingerprint density at radius 2 is 1.44 bits per heavy atom. The first-order valence-electron chi connectivity index (χ1n) is 5.62. The van der Waals surface area contributed by atoms with Gasteiger partial charge in [-0.05, 0) is 5.41 Å². The fourth-order valence-electron chi connectivity index (χ4n) is 3.59. The predicted molar refractivity (Wildman–Crippen MR) is 58.7 cm³/mol. The lowest BCUT2D eigenvalue weighted by Crippen LogP contribution is -2.51. The van der Waals surface area contributed by atoms with Crippen LogP contribution in [0, 0.1) is 16.2 Å². The van der Waals surface area contributed by atoms with Gasteiger partial charge in [0.1, 0.15) is 0 Å². The number of aliphatic carboxylic acids is 1. The Kier molecular flexibility index (Phi) is 1.70. The summed E-state index contributed by atoms with van der Waals surface area (Å²) in [6.45, 7) is 11.2. The summed E-state index contributed by atoms with van der Waals surface area (Å²) in [5.41, 5.74) is -3.21. The average Bonchev–Trinajstić information content (AvgIpc) is 2.72. The molecule has 0 amide bonds. The van der Waals surface area contributed by atoms with Gasteiger partial charge in [-0.15, -0.1) is 0 Å². The number of hydrogen-bond donors (Lipinski definition) is 2. The van der Waals surface area contributed by atoms with Gasteiger partial charge >= 0.3 is 5.97 Å². The van der Waals surface area contributed by atoms with Crippen LogP contribution in [0.5, 0.6) is 0 Å². The van der Waals surface area contributed by atoms with Gasteiger partial charge in [-0.2, -0.15) is 0 Å². The zero-order valence-electron chi connectivity index (χ0n) is 10.7. The van der Waals surface area contributed by atoms with Crippen molar-refractivity contribution < 1.29 is 14.3 Å². The lowest BCUT2D eigenvalue weighted by Gasteiger charge is -2.47. The molecule has 1 aliphatic carbocycles. The third kappa shape index (κ3) is 0.691. The van der Waals surface area contributed by atoms with Crippen LogP contribution in [-0.2, 0) is 4.79 Å². The molecule has 0 aromatic carbocycles. The van der Waals surface area contributed by atoms with Gasteiger partial charge in [0.05, 0.1) is 0 Å². The summed E-state index contributed by atoms with van der Waals surface area (Å²) in [7, 11) is 0. The number of hydrogen-bond acceptors (Lipinski definition) is 2. The molecule has 92 valence electrons. The summed E-state index contributed by atoms with van der Waals surface area (Å²) in [4.78, 5) is 11.5. The van der Waals surface area contributed by atoms with Crippen LogP contribution >= 0.6 is 0 Å². The third-order valence-electron chi connectivity index (χ3n) is 6.06. The van der Waals surface area contributed by atoms with E-state index in [1.54, 1.807) is 13.8 Å². The molecule has 2 rings (SSSR count). The number of carboxylic acid groups (broad SMARTS) is 1. The Bertz CT molecular complexity index is 382. The Morgan fingerprint density at radius 3 is 1.62 bits per heavy atom. The molecule has 4 heteroatoms. The molecule has 1 saturated heterocycles. The first-order chi connectivity index (χ1) is 6.90. The SMILES string of the molecule is CC1(C)C(C)(C)C2(F)N[C@]2(C(=O)O)C1(C)C. The number of carbonyl (C=O) groups is 1. The summed E-state index contributed by atoms with van der Waals surface area (Å²) in [5.74, 6) is -2.89. The third-order valence-corrected chi connectivity index (χ3v) is 6.06. The van der Waals surface area contributed by atoms with Crippen molar-refractivity contribution in [3.05, 3.63) is 0 Å². The quantitative estimate of drug-likeness (QED) is 0.535. The lowest BCUT2D eigenvalue weighted by molar-refractivity contribution is -0.145.